The third-order valence-corrected chi connectivity index (χ3v) is 2.69. The van der Waals surface area contributed by atoms with Crippen LogP contribution in [0.25, 0.3) is 0 Å². The molecule has 0 spiro atoms. The van der Waals surface area contributed by atoms with E-state index in [0.717, 1.165) is 5.69 Å². The molecule has 0 atom stereocenters. The average Bonchev–Trinajstić information content (AvgIpc) is 2.47. The molecular formula is C14H14N6O. The van der Waals surface area contributed by atoms with Crippen molar-refractivity contribution in [3.05, 3.63) is 41.7 Å². The zero-order valence-corrected chi connectivity index (χ0v) is 11.7. The van der Waals surface area contributed by atoms with Gasteiger partial charge in [0.15, 0.2) is 11.5 Å². The summed E-state index contributed by atoms with van der Waals surface area (Å²) in [6.07, 6.45) is 0. The van der Waals surface area contributed by atoms with E-state index in [-0.39, 0.29) is 18.1 Å². The first-order valence-electron chi connectivity index (χ1n) is 6.27. The lowest BCUT2D eigenvalue weighted by atomic mass is 10.3. The SMILES string of the molecule is Cc1cccc(NC(=O)CN(C)c2ccc(C#N)nn2)n1. The lowest BCUT2D eigenvalue weighted by Crippen LogP contribution is -2.31. The summed E-state index contributed by atoms with van der Waals surface area (Å²) in [6.45, 7) is 1.96. The number of pyridine rings is 1. The van der Waals surface area contributed by atoms with Crippen molar-refractivity contribution in [2.45, 2.75) is 6.92 Å². The van der Waals surface area contributed by atoms with E-state index in [4.69, 9.17) is 5.26 Å². The van der Waals surface area contributed by atoms with Gasteiger partial charge >= 0.3 is 0 Å². The highest BCUT2D eigenvalue weighted by atomic mass is 16.2. The molecule has 0 aliphatic rings. The number of aromatic nitrogens is 3. The predicted octanol–water partition coefficient (Wildman–Crippen LogP) is 1.13. The Morgan fingerprint density at radius 3 is 2.76 bits per heavy atom. The van der Waals surface area contributed by atoms with Gasteiger partial charge in [0.25, 0.3) is 0 Å². The molecule has 2 aromatic rings. The molecule has 106 valence electrons. The van der Waals surface area contributed by atoms with Crippen LogP contribution in [0.5, 0.6) is 0 Å². The second kappa shape index (κ2) is 6.43. The highest BCUT2D eigenvalue weighted by Crippen LogP contribution is 2.08. The summed E-state index contributed by atoms with van der Waals surface area (Å²) in [5.74, 6) is 0.822. The van der Waals surface area contributed by atoms with Crippen molar-refractivity contribution in [2.75, 3.05) is 23.8 Å². The monoisotopic (exact) mass is 282 g/mol. The van der Waals surface area contributed by atoms with E-state index < -0.39 is 0 Å². The molecule has 0 aliphatic carbocycles. The third kappa shape index (κ3) is 3.98. The lowest BCUT2D eigenvalue weighted by Gasteiger charge is -2.16. The summed E-state index contributed by atoms with van der Waals surface area (Å²) < 4.78 is 0. The Kier molecular flexibility index (Phi) is 4.41. The summed E-state index contributed by atoms with van der Waals surface area (Å²) in [4.78, 5) is 17.8. The second-order valence-electron chi connectivity index (χ2n) is 4.46. The highest BCUT2D eigenvalue weighted by molar-refractivity contribution is 5.93. The molecule has 7 nitrogen and oxygen atoms in total. The zero-order chi connectivity index (χ0) is 15.2. The van der Waals surface area contributed by atoms with E-state index in [1.807, 2.05) is 25.1 Å². The van der Waals surface area contributed by atoms with Crippen LogP contribution in [-0.2, 0) is 4.79 Å². The fourth-order valence-corrected chi connectivity index (χ4v) is 1.68. The van der Waals surface area contributed by atoms with Gasteiger partial charge in [-0.1, -0.05) is 6.07 Å². The van der Waals surface area contributed by atoms with Crippen LogP contribution in [0.15, 0.2) is 30.3 Å². The molecule has 21 heavy (non-hydrogen) atoms. The summed E-state index contributed by atoms with van der Waals surface area (Å²) in [7, 11) is 1.72. The lowest BCUT2D eigenvalue weighted by molar-refractivity contribution is -0.114. The Labute approximate surface area is 122 Å². The standard InChI is InChI=1S/C14H14N6O/c1-10-4-3-5-12(16-10)17-14(21)9-20(2)13-7-6-11(8-15)18-19-13/h3-7H,9H2,1-2H3,(H,16,17,21). The molecule has 0 bridgehead atoms. The summed E-state index contributed by atoms with van der Waals surface area (Å²) in [5.41, 5.74) is 1.07. The second-order valence-corrected chi connectivity index (χ2v) is 4.46. The van der Waals surface area contributed by atoms with E-state index in [1.165, 1.54) is 0 Å². The van der Waals surface area contributed by atoms with Gasteiger partial charge in [-0.05, 0) is 31.2 Å². The zero-order valence-electron chi connectivity index (χ0n) is 11.7. The van der Waals surface area contributed by atoms with Gasteiger partial charge in [-0.15, -0.1) is 10.2 Å². The molecule has 0 fully saturated rings. The van der Waals surface area contributed by atoms with Crippen molar-refractivity contribution in [3.8, 4) is 6.07 Å². The minimum absolute atomic E-state index is 0.107. The maximum absolute atomic E-state index is 11.9. The molecular weight excluding hydrogens is 268 g/mol. The first-order valence-corrected chi connectivity index (χ1v) is 6.27. The molecule has 2 rings (SSSR count). The normalized spacial score (nSPS) is 9.76. The summed E-state index contributed by atoms with van der Waals surface area (Å²) >= 11 is 0. The number of anilines is 2. The quantitative estimate of drug-likeness (QED) is 0.903. The fourth-order valence-electron chi connectivity index (χ4n) is 1.68. The Bertz CT molecular complexity index is 677. The number of amides is 1. The van der Waals surface area contributed by atoms with Crippen LogP contribution in [-0.4, -0.2) is 34.7 Å². The van der Waals surface area contributed by atoms with Crippen LogP contribution >= 0.6 is 0 Å². The first kappa shape index (κ1) is 14.4. The van der Waals surface area contributed by atoms with Gasteiger partial charge in [-0.3, -0.25) is 4.79 Å². The Hall–Kier alpha value is -3.01. The Morgan fingerprint density at radius 1 is 1.33 bits per heavy atom. The number of aryl methyl sites for hydroxylation is 1. The molecule has 0 radical (unpaired) electrons. The number of hydrogen-bond donors (Lipinski definition) is 1. The number of nitrogens with one attached hydrogen (secondary N) is 1. The van der Waals surface area contributed by atoms with E-state index in [0.29, 0.717) is 11.6 Å². The smallest absolute Gasteiger partial charge is 0.245 e. The van der Waals surface area contributed by atoms with Gasteiger partial charge in [0.05, 0.1) is 6.54 Å². The van der Waals surface area contributed by atoms with Crippen LogP contribution < -0.4 is 10.2 Å². The maximum atomic E-state index is 11.9. The summed E-state index contributed by atoms with van der Waals surface area (Å²) in [5, 5.41) is 19.0. The van der Waals surface area contributed by atoms with Crippen LogP contribution in [0.3, 0.4) is 0 Å². The molecule has 0 saturated carbocycles. The van der Waals surface area contributed by atoms with Crippen LogP contribution in [0.2, 0.25) is 0 Å². The van der Waals surface area contributed by atoms with Crippen LogP contribution in [0.4, 0.5) is 11.6 Å². The maximum Gasteiger partial charge on any atom is 0.245 e. The van der Waals surface area contributed by atoms with E-state index in [2.05, 4.69) is 20.5 Å². The fraction of sp³-hybridized carbons (Fsp3) is 0.214. The number of carbonyl (C=O) groups is 1. The molecule has 7 heteroatoms. The number of hydrogen-bond acceptors (Lipinski definition) is 6. The van der Waals surface area contributed by atoms with Gasteiger partial charge in [0.1, 0.15) is 11.9 Å². The largest absolute Gasteiger partial charge is 0.349 e. The molecule has 2 heterocycles. The molecule has 1 N–H and O–H groups in total. The molecule has 0 unspecified atom stereocenters. The highest BCUT2D eigenvalue weighted by Gasteiger charge is 2.10. The number of rotatable bonds is 4. The summed E-state index contributed by atoms with van der Waals surface area (Å²) in [6, 6.07) is 10.5. The Balaban J connectivity index is 1.97. The van der Waals surface area contributed by atoms with Crippen molar-refractivity contribution < 1.29 is 4.79 Å². The topological polar surface area (TPSA) is 94.8 Å². The minimum atomic E-state index is -0.207. The molecule has 0 aliphatic heterocycles. The number of nitriles is 1. The van der Waals surface area contributed by atoms with Crippen molar-refractivity contribution in [1.82, 2.24) is 15.2 Å². The van der Waals surface area contributed by atoms with Gasteiger partial charge in [0, 0.05) is 12.7 Å². The van der Waals surface area contributed by atoms with Crippen molar-refractivity contribution in [2.24, 2.45) is 0 Å². The van der Waals surface area contributed by atoms with Gasteiger partial charge < -0.3 is 10.2 Å². The van der Waals surface area contributed by atoms with Crippen LogP contribution in [0.1, 0.15) is 11.4 Å². The number of carbonyl (C=O) groups excluding carboxylic acids is 1. The molecule has 2 aromatic heterocycles. The van der Waals surface area contributed by atoms with Crippen molar-refractivity contribution in [3.63, 3.8) is 0 Å². The van der Waals surface area contributed by atoms with Crippen LogP contribution in [0, 0.1) is 18.3 Å². The van der Waals surface area contributed by atoms with E-state index in [1.54, 1.807) is 30.1 Å². The first-order chi connectivity index (χ1) is 10.1. The van der Waals surface area contributed by atoms with Gasteiger partial charge in [-0.2, -0.15) is 5.26 Å². The van der Waals surface area contributed by atoms with Gasteiger partial charge in [0.2, 0.25) is 5.91 Å². The third-order valence-electron chi connectivity index (χ3n) is 2.69. The minimum Gasteiger partial charge on any atom is -0.349 e. The predicted molar refractivity (Wildman–Crippen MR) is 77.6 cm³/mol. The Morgan fingerprint density at radius 2 is 2.14 bits per heavy atom. The molecule has 0 saturated heterocycles. The van der Waals surface area contributed by atoms with Crippen molar-refractivity contribution in [1.29, 1.82) is 5.26 Å². The molecule has 1 amide bonds. The van der Waals surface area contributed by atoms with E-state index in [9.17, 15) is 4.79 Å². The van der Waals surface area contributed by atoms with Gasteiger partial charge in [-0.25, -0.2) is 4.98 Å². The molecule has 0 aromatic carbocycles. The average molecular weight is 282 g/mol. The number of likely N-dealkylation sites (N-methyl/N-ethyl adjacent to an activating group) is 1. The van der Waals surface area contributed by atoms with Crippen molar-refractivity contribution >= 4 is 17.5 Å². The van der Waals surface area contributed by atoms with E-state index >= 15 is 0 Å². The number of nitrogens with zero attached hydrogens (tertiary/aromatic N) is 5.